The molecule has 2 aromatic carbocycles. The average molecular weight is 432 g/mol. The first-order chi connectivity index (χ1) is 13.9. The molecule has 152 valence electrons. The summed E-state index contributed by atoms with van der Waals surface area (Å²) in [5.41, 5.74) is 9.66. The number of Topliss-reactive ketones (excluding diaryl/α,β-unsaturated/α-hetero) is 1. The molecule has 3 rings (SSSR count). The number of aliphatic hydroxyl groups is 1. The van der Waals surface area contributed by atoms with Crippen molar-refractivity contribution in [2.24, 2.45) is 0 Å². The number of carbonyl (C=O) groups is 1. The van der Waals surface area contributed by atoms with E-state index in [1.54, 1.807) is 18.2 Å². The SMILES string of the molecule is [N-]=[N+]=CC(=O)C(CCN1CCC(O)(c2ccccc2)CC1)c1ccc(Cl)c(Cl)c1. The molecule has 0 bridgehead atoms. The molecule has 0 aromatic heterocycles. The maximum atomic E-state index is 12.5. The van der Waals surface area contributed by atoms with Crippen LogP contribution in [0.3, 0.4) is 0 Å². The number of hydrogen-bond donors (Lipinski definition) is 1. The second-order valence-electron chi connectivity index (χ2n) is 7.40. The van der Waals surface area contributed by atoms with Gasteiger partial charge in [-0.1, -0.05) is 59.6 Å². The lowest BCUT2D eigenvalue weighted by Gasteiger charge is -2.38. The van der Waals surface area contributed by atoms with Gasteiger partial charge < -0.3 is 15.5 Å². The van der Waals surface area contributed by atoms with E-state index >= 15 is 0 Å². The molecule has 0 aliphatic carbocycles. The Morgan fingerprint density at radius 3 is 2.48 bits per heavy atom. The van der Waals surface area contributed by atoms with Crippen LogP contribution in [0.25, 0.3) is 5.53 Å². The van der Waals surface area contributed by atoms with E-state index in [-0.39, 0.29) is 5.78 Å². The minimum Gasteiger partial charge on any atom is -0.385 e. The molecular weight excluding hydrogens is 409 g/mol. The van der Waals surface area contributed by atoms with Crippen molar-refractivity contribution < 1.29 is 14.7 Å². The molecule has 0 saturated carbocycles. The van der Waals surface area contributed by atoms with Gasteiger partial charge in [-0.15, -0.1) is 0 Å². The second kappa shape index (κ2) is 9.66. The third-order valence-electron chi connectivity index (χ3n) is 5.60. The Balaban J connectivity index is 1.65. The summed E-state index contributed by atoms with van der Waals surface area (Å²) in [5, 5.41) is 11.8. The summed E-state index contributed by atoms with van der Waals surface area (Å²) in [4.78, 5) is 17.6. The van der Waals surface area contributed by atoms with Crippen molar-refractivity contribution >= 4 is 35.2 Å². The van der Waals surface area contributed by atoms with Gasteiger partial charge in [-0.3, -0.25) is 4.79 Å². The van der Waals surface area contributed by atoms with E-state index in [0.717, 1.165) is 30.4 Å². The van der Waals surface area contributed by atoms with Crippen LogP contribution in [0.1, 0.15) is 36.3 Å². The minimum atomic E-state index is -0.805. The summed E-state index contributed by atoms with van der Waals surface area (Å²) < 4.78 is 0. The quantitative estimate of drug-likeness (QED) is 0.402. The van der Waals surface area contributed by atoms with Crippen molar-refractivity contribution in [1.29, 1.82) is 0 Å². The molecule has 1 aliphatic rings. The highest BCUT2D eigenvalue weighted by molar-refractivity contribution is 6.42. The summed E-state index contributed by atoms with van der Waals surface area (Å²) in [6.45, 7) is 2.16. The van der Waals surface area contributed by atoms with Gasteiger partial charge in [0.15, 0.2) is 0 Å². The fourth-order valence-corrected chi connectivity index (χ4v) is 4.15. The Kier molecular flexibility index (Phi) is 7.23. The standard InChI is InChI=1S/C22H23Cl2N3O2/c23-19-7-6-16(14-20(19)24)18(21(28)15-26-25)8-11-27-12-9-22(29,10-13-27)17-4-2-1-3-5-17/h1-7,14-15,18,29H,8-13H2. The molecule has 1 heterocycles. The third kappa shape index (κ3) is 5.33. The van der Waals surface area contributed by atoms with Crippen molar-refractivity contribution in [1.82, 2.24) is 4.90 Å². The minimum absolute atomic E-state index is 0.288. The molecule has 0 spiro atoms. The van der Waals surface area contributed by atoms with Crippen LogP contribution in [0.5, 0.6) is 0 Å². The fourth-order valence-electron chi connectivity index (χ4n) is 3.84. The number of likely N-dealkylation sites (tertiary alicyclic amines) is 1. The smallest absolute Gasteiger partial charge is 0.323 e. The molecule has 1 unspecified atom stereocenters. The average Bonchev–Trinajstić information content (AvgIpc) is 2.73. The lowest BCUT2D eigenvalue weighted by Crippen LogP contribution is -2.43. The Labute approximate surface area is 180 Å². The number of ketones is 1. The van der Waals surface area contributed by atoms with Crippen molar-refractivity contribution in [2.45, 2.75) is 30.8 Å². The fraction of sp³-hybridized carbons (Fsp3) is 0.364. The van der Waals surface area contributed by atoms with Crippen LogP contribution >= 0.6 is 23.2 Å². The molecule has 1 atom stereocenters. The van der Waals surface area contributed by atoms with Crippen molar-refractivity contribution in [2.75, 3.05) is 19.6 Å². The predicted molar refractivity (Wildman–Crippen MR) is 115 cm³/mol. The van der Waals surface area contributed by atoms with Crippen molar-refractivity contribution in [3.05, 3.63) is 75.2 Å². The van der Waals surface area contributed by atoms with Gasteiger partial charge in [0.25, 0.3) is 0 Å². The van der Waals surface area contributed by atoms with Gasteiger partial charge in [-0.05, 0) is 49.1 Å². The second-order valence-corrected chi connectivity index (χ2v) is 8.22. The van der Waals surface area contributed by atoms with Gasteiger partial charge in [0.05, 0.1) is 21.6 Å². The number of benzene rings is 2. The number of piperidine rings is 1. The molecule has 1 aliphatic heterocycles. The van der Waals surface area contributed by atoms with Gasteiger partial charge >= 0.3 is 6.21 Å². The number of nitrogens with zero attached hydrogens (tertiary/aromatic N) is 3. The van der Waals surface area contributed by atoms with Gasteiger partial charge in [0.2, 0.25) is 5.78 Å². The zero-order valence-electron chi connectivity index (χ0n) is 16.0. The van der Waals surface area contributed by atoms with E-state index in [9.17, 15) is 9.90 Å². The number of rotatable bonds is 7. The number of hydrogen-bond acceptors (Lipinski definition) is 3. The summed E-state index contributed by atoms with van der Waals surface area (Å²) in [6, 6.07) is 14.9. The molecule has 29 heavy (non-hydrogen) atoms. The molecule has 0 amide bonds. The lowest BCUT2D eigenvalue weighted by atomic mass is 9.84. The van der Waals surface area contributed by atoms with Crippen LogP contribution in [0, 0.1) is 0 Å². The van der Waals surface area contributed by atoms with Crippen LogP contribution in [0.2, 0.25) is 10.0 Å². The Morgan fingerprint density at radius 2 is 1.86 bits per heavy atom. The lowest BCUT2D eigenvalue weighted by molar-refractivity contribution is -0.117. The van der Waals surface area contributed by atoms with Crippen LogP contribution in [0.15, 0.2) is 48.5 Å². The summed E-state index contributed by atoms with van der Waals surface area (Å²) in [7, 11) is 0. The molecule has 1 saturated heterocycles. The highest BCUT2D eigenvalue weighted by atomic mass is 35.5. The Hall–Kier alpha value is -2.01. The highest BCUT2D eigenvalue weighted by Gasteiger charge is 2.34. The van der Waals surface area contributed by atoms with Crippen molar-refractivity contribution in [3.63, 3.8) is 0 Å². The monoisotopic (exact) mass is 431 g/mol. The summed E-state index contributed by atoms with van der Waals surface area (Å²) >= 11 is 12.1. The molecule has 2 aromatic rings. The maximum Gasteiger partial charge on any atom is 0.323 e. The maximum absolute atomic E-state index is 12.5. The molecule has 5 nitrogen and oxygen atoms in total. The Morgan fingerprint density at radius 1 is 1.17 bits per heavy atom. The van der Waals surface area contributed by atoms with Crippen LogP contribution in [-0.4, -0.2) is 46.4 Å². The predicted octanol–water partition coefficient (Wildman–Crippen LogP) is 4.32. The van der Waals surface area contributed by atoms with E-state index in [0.29, 0.717) is 35.9 Å². The van der Waals surface area contributed by atoms with Crippen LogP contribution < -0.4 is 0 Å². The van der Waals surface area contributed by atoms with E-state index < -0.39 is 11.5 Å². The molecule has 1 N–H and O–H groups in total. The zero-order chi connectivity index (χ0) is 20.9. The van der Waals surface area contributed by atoms with Gasteiger partial charge in [-0.25, -0.2) is 0 Å². The van der Waals surface area contributed by atoms with Crippen molar-refractivity contribution in [3.8, 4) is 0 Å². The normalized spacial score (nSPS) is 17.3. The Bertz CT molecular complexity index is 906. The summed E-state index contributed by atoms with van der Waals surface area (Å²) in [5.74, 6) is -0.765. The highest BCUT2D eigenvalue weighted by Crippen LogP contribution is 2.33. The van der Waals surface area contributed by atoms with Crippen LogP contribution in [0.4, 0.5) is 0 Å². The molecular formula is C22H23Cl2N3O2. The van der Waals surface area contributed by atoms with E-state index in [1.165, 1.54) is 0 Å². The first-order valence-electron chi connectivity index (χ1n) is 9.59. The van der Waals surface area contributed by atoms with Gasteiger partial charge in [0, 0.05) is 13.1 Å². The molecule has 7 heteroatoms. The van der Waals surface area contributed by atoms with E-state index in [4.69, 9.17) is 28.7 Å². The summed E-state index contributed by atoms with van der Waals surface area (Å²) in [6.07, 6.45) is 2.76. The van der Waals surface area contributed by atoms with E-state index in [2.05, 4.69) is 9.69 Å². The van der Waals surface area contributed by atoms with Gasteiger partial charge in [-0.2, -0.15) is 4.79 Å². The number of halogens is 2. The van der Waals surface area contributed by atoms with E-state index in [1.807, 2.05) is 30.3 Å². The van der Waals surface area contributed by atoms with Crippen LogP contribution in [-0.2, 0) is 10.4 Å². The van der Waals surface area contributed by atoms with Gasteiger partial charge in [0.1, 0.15) is 0 Å². The molecule has 1 fully saturated rings. The third-order valence-corrected chi connectivity index (χ3v) is 6.34. The largest absolute Gasteiger partial charge is 0.385 e. The first-order valence-corrected chi connectivity index (χ1v) is 10.3. The molecule has 0 radical (unpaired) electrons. The number of carbonyl (C=O) groups excluding carboxylic acids is 1. The zero-order valence-corrected chi connectivity index (χ0v) is 17.5. The topological polar surface area (TPSA) is 76.9 Å². The first kappa shape index (κ1) is 21.7.